The van der Waals surface area contributed by atoms with Gasteiger partial charge < -0.3 is 9.64 Å². The fraction of sp³-hybridized carbons (Fsp3) is 0.211. The van der Waals surface area contributed by atoms with E-state index in [2.05, 4.69) is 0 Å². The van der Waals surface area contributed by atoms with Gasteiger partial charge in [-0.1, -0.05) is 6.07 Å². The first-order valence-electron chi connectivity index (χ1n) is 7.93. The summed E-state index contributed by atoms with van der Waals surface area (Å²) in [6, 6.07) is 7.92. The molecule has 0 spiro atoms. The van der Waals surface area contributed by atoms with E-state index >= 15 is 0 Å². The molecule has 3 rings (SSSR count). The van der Waals surface area contributed by atoms with Gasteiger partial charge in [0.2, 0.25) is 0 Å². The van der Waals surface area contributed by atoms with Crippen LogP contribution in [0.5, 0.6) is 0 Å². The van der Waals surface area contributed by atoms with Gasteiger partial charge in [-0.15, -0.1) is 11.3 Å². The summed E-state index contributed by atoms with van der Waals surface area (Å²) in [5, 5.41) is 0.351. The topological polar surface area (TPSA) is 29.5 Å². The van der Waals surface area contributed by atoms with Gasteiger partial charge in [-0.3, -0.25) is 4.79 Å². The minimum atomic E-state index is -1.03. The molecule has 1 aromatic heterocycles. The zero-order valence-corrected chi connectivity index (χ0v) is 15.0. The second-order valence-corrected chi connectivity index (χ2v) is 6.66. The molecular weight excluding hydrogens is 363 g/mol. The Labute approximate surface area is 152 Å². The van der Waals surface area contributed by atoms with Gasteiger partial charge in [0.15, 0.2) is 11.6 Å². The van der Waals surface area contributed by atoms with Gasteiger partial charge in [-0.05, 0) is 31.2 Å². The molecule has 2 aromatic carbocycles. The number of hydrogen-bond donors (Lipinski definition) is 0. The van der Waals surface area contributed by atoms with Gasteiger partial charge in [0, 0.05) is 41.1 Å². The van der Waals surface area contributed by atoms with Crippen LogP contribution in [0.4, 0.5) is 18.9 Å². The lowest BCUT2D eigenvalue weighted by atomic mass is 10.1. The van der Waals surface area contributed by atoms with E-state index in [9.17, 15) is 18.0 Å². The average molecular weight is 379 g/mol. The Balaban J connectivity index is 2.11. The van der Waals surface area contributed by atoms with Crippen molar-refractivity contribution in [3.05, 3.63) is 64.3 Å². The summed E-state index contributed by atoms with van der Waals surface area (Å²) in [4.78, 5) is 14.7. The Morgan fingerprint density at radius 1 is 1.12 bits per heavy atom. The summed E-state index contributed by atoms with van der Waals surface area (Å²) >= 11 is 1.15. The predicted octanol–water partition coefficient (Wildman–Crippen LogP) is 5.13. The molecule has 3 nitrogen and oxygen atoms in total. The maximum absolute atomic E-state index is 14.3. The lowest BCUT2D eigenvalue weighted by molar-refractivity contribution is 0.0988. The zero-order chi connectivity index (χ0) is 18.8. The lowest BCUT2D eigenvalue weighted by Crippen LogP contribution is -2.30. The van der Waals surface area contributed by atoms with Crippen LogP contribution in [0.3, 0.4) is 0 Å². The number of ether oxygens (including phenoxy) is 1. The fourth-order valence-corrected chi connectivity index (χ4v) is 4.01. The Kier molecular flexibility index (Phi) is 5.29. The Hall–Kier alpha value is -2.38. The van der Waals surface area contributed by atoms with Crippen molar-refractivity contribution < 1.29 is 22.7 Å². The van der Waals surface area contributed by atoms with Crippen LogP contribution < -0.4 is 4.90 Å². The van der Waals surface area contributed by atoms with Crippen LogP contribution in [0.1, 0.15) is 22.2 Å². The predicted molar refractivity (Wildman–Crippen MR) is 96.2 cm³/mol. The van der Waals surface area contributed by atoms with E-state index in [1.165, 1.54) is 24.1 Å². The molecule has 0 unspecified atom stereocenters. The molecule has 7 heteroatoms. The number of carbonyl (C=O) groups excluding carboxylic acids is 1. The number of fused-ring (bicyclic) bond motifs is 1. The Morgan fingerprint density at radius 2 is 1.88 bits per heavy atom. The largest absolute Gasteiger partial charge is 0.380 e. The minimum Gasteiger partial charge on any atom is -0.380 e. The fourth-order valence-electron chi connectivity index (χ4n) is 2.84. The maximum atomic E-state index is 14.3. The SMILES string of the molecule is CCN(C(=O)c1sc2cccc(F)c2c1COC)c1ccc(F)c(F)c1. The number of anilines is 1. The van der Waals surface area contributed by atoms with E-state index in [1.54, 1.807) is 19.1 Å². The van der Waals surface area contributed by atoms with Crippen molar-refractivity contribution >= 4 is 33.0 Å². The summed E-state index contributed by atoms with van der Waals surface area (Å²) in [5.41, 5.74) is 0.689. The van der Waals surface area contributed by atoms with E-state index in [0.717, 1.165) is 23.5 Å². The molecule has 0 aliphatic rings. The molecule has 3 aromatic rings. The number of benzene rings is 2. The molecule has 0 aliphatic carbocycles. The Morgan fingerprint density at radius 3 is 2.54 bits per heavy atom. The van der Waals surface area contributed by atoms with Gasteiger partial charge in [-0.2, -0.15) is 0 Å². The molecule has 0 saturated heterocycles. The van der Waals surface area contributed by atoms with Crippen molar-refractivity contribution in [2.24, 2.45) is 0 Å². The summed E-state index contributed by atoms with van der Waals surface area (Å²) < 4.78 is 46.9. The highest BCUT2D eigenvalue weighted by molar-refractivity contribution is 7.21. The number of halogens is 3. The summed E-state index contributed by atoms with van der Waals surface area (Å²) in [7, 11) is 1.46. The highest BCUT2D eigenvalue weighted by Gasteiger charge is 2.25. The molecule has 136 valence electrons. The van der Waals surface area contributed by atoms with E-state index in [1.807, 2.05) is 0 Å². The third-order valence-corrected chi connectivity index (χ3v) is 5.21. The quantitative estimate of drug-likeness (QED) is 0.615. The first kappa shape index (κ1) is 18.4. The van der Waals surface area contributed by atoms with Crippen LogP contribution in [0.2, 0.25) is 0 Å². The molecule has 0 saturated carbocycles. The smallest absolute Gasteiger partial charge is 0.268 e. The second kappa shape index (κ2) is 7.47. The molecule has 0 aliphatic heterocycles. The van der Waals surface area contributed by atoms with Crippen molar-refractivity contribution in [3.63, 3.8) is 0 Å². The normalized spacial score (nSPS) is 11.1. The van der Waals surface area contributed by atoms with Crippen LogP contribution in [0.25, 0.3) is 10.1 Å². The molecule has 0 atom stereocenters. The number of carbonyl (C=O) groups is 1. The van der Waals surface area contributed by atoms with E-state index in [-0.39, 0.29) is 18.8 Å². The highest BCUT2D eigenvalue weighted by atomic mass is 32.1. The van der Waals surface area contributed by atoms with Crippen LogP contribution in [0.15, 0.2) is 36.4 Å². The van der Waals surface area contributed by atoms with Crippen molar-refractivity contribution in [3.8, 4) is 0 Å². The van der Waals surface area contributed by atoms with Crippen LogP contribution in [0, 0.1) is 17.5 Å². The molecule has 26 heavy (non-hydrogen) atoms. The number of thiophene rings is 1. The van der Waals surface area contributed by atoms with Gasteiger partial charge in [0.1, 0.15) is 5.82 Å². The van der Waals surface area contributed by atoms with Crippen molar-refractivity contribution in [1.29, 1.82) is 0 Å². The first-order valence-corrected chi connectivity index (χ1v) is 8.75. The summed E-state index contributed by atoms with van der Waals surface area (Å²) in [6.07, 6.45) is 0. The Bertz CT molecular complexity index is 971. The minimum absolute atomic E-state index is 0.0668. The monoisotopic (exact) mass is 379 g/mol. The number of nitrogens with zero attached hydrogens (tertiary/aromatic N) is 1. The third-order valence-electron chi connectivity index (χ3n) is 4.02. The number of hydrogen-bond acceptors (Lipinski definition) is 3. The molecule has 0 bridgehead atoms. The number of methoxy groups -OCH3 is 1. The molecule has 0 fully saturated rings. The van der Waals surface area contributed by atoms with Crippen LogP contribution in [-0.4, -0.2) is 19.6 Å². The standard InChI is InChI=1S/C19H16F3NO2S/c1-3-23(11-7-8-13(20)15(22)9-11)19(24)18-12(10-25-2)17-14(21)5-4-6-16(17)26-18/h4-9H,3,10H2,1-2H3. The van der Waals surface area contributed by atoms with E-state index in [4.69, 9.17) is 4.74 Å². The molecular formula is C19H16F3NO2S. The summed E-state index contributed by atoms with van der Waals surface area (Å²) in [6.45, 7) is 2.04. The molecule has 1 amide bonds. The molecule has 1 heterocycles. The van der Waals surface area contributed by atoms with Gasteiger partial charge in [-0.25, -0.2) is 13.2 Å². The molecule has 0 radical (unpaired) electrons. The van der Waals surface area contributed by atoms with Gasteiger partial charge in [0.25, 0.3) is 5.91 Å². The maximum Gasteiger partial charge on any atom is 0.268 e. The van der Waals surface area contributed by atoms with E-state index in [0.29, 0.717) is 20.5 Å². The van der Waals surface area contributed by atoms with Crippen molar-refractivity contribution in [1.82, 2.24) is 0 Å². The molecule has 0 N–H and O–H groups in total. The van der Waals surface area contributed by atoms with Crippen molar-refractivity contribution in [2.75, 3.05) is 18.6 Å². The van der Waals surface area contributed by atoms with Crippen molar-refractivity contribution in [2.45, 2.75) is 13.5 Å². The number of amides is 1. The van der Waals surface area contributed by atoms with Crippen LogP contribution in [-0.2, 0) is 11.3 Å². The average Bonchev–Trinajstić information content (AvgIpc) is 2.99. The number of rotatable bonds is 5. The summed E-state index contributed by atoms with van der Waals surface area (Å²) in [5.74, 6) is -2.86. The third kappa shape index (κ3) is 3.20. The second-order valence-electron chi connectivity index (χ2n) is 5.60. The van der Waals surface area contributed by atoms with Gasteiger partial charge >= 0.3 is 0 Å². The van der Waals surface area contributed by atoms with Crippen LogP contribution >= 0.6 is 11.3 Å². The highest BCUT2D eigenvalue weighted by Crippen LogP contribution is 2.35. The van der Waals surface area contributed by atoms with E-state index < -0.39 is 23.4 Å². The first-order chi connectivity index (χ1) is 12.5. The van der Waals surface area contributed by atoms with Gasteiger partial charge in [0.05, 0.1) is 11.5 Å². The zero-order valence-electron chi connectivity index (χ0n) is 14.2. The lowest BCUT2D eigenvalue weighted by Gasteiger charge is -2.21.